The molecule has 1 fully saturated rings. The summed E-state index contributed by atoms with van der Waals surface area (Å²) in [5, 5.41) is 8.87. The zero-order chi connectivity index (χ0) is 53.7. The lowest BCUT2D eigenvalue weighted by Crippen LogP contribution is -2.37. The number of halogens is 11. The van der Waals surface area contributed by atoms with Crippen molar-refractivity contribution in [2.75, 3.05) is 16.8 Å². The number of rotatable bonds is 12. The van der Waals surface area contributed by atoms with Crippen LogP contribution in [0.1, 0.15) is 82.1 Å². The zero-order valence-electron chi connectivity index (χ0n) is 38.5. The van der Waals surface area contributed by atoms with E-state index >= 15 is 8.78 Å². The van der Waals surface area contributed by atoms with Crippen molar-refractivity contribution in [3.05, 3.63) is 128 Å². The summed E-state index contributed by atoms with van der Waals surface area (Å²) in [5.74, 6) is -7.11. The average Bonchev–Trinajstić information content (AvgIpc) is 3.77. The Kier molecular flexibility index (Phi) is 13.1. The predicted octanol–water partition coefficient (Wildman–Crippen LogP) is 9.21. The smallest absolute Gasteiger partial charge is 0.346 e. The minimum absolute atomic E-state index is 0.159. The van der Waals surface area contributed by atoms with Crippen molar-refractivity contribution in [2.24, 2.45) is 5.92 Å². The van der Waals surface area contributed by atoms with Crippen molar-refractivity contribution in [1.82, 2.24) is 29.9 Å². The number of sulfonamides is 1. The van der Waals surface area contributed by atoms with Crippen LogP contribution in [0.5, 0.6) is 0 Å². The highest BCUT2D eigenvalue weighted by atomic mass is 35.5. The number of aromatic nitrogens is 5. The number of anilines is 1. The Balaban J connectivity index is 1.38. The molecule has 0 spiro atoms. The standard InChI is InChI=1S/C47H38ClF10N7O6S2/c1-23-8-6-7-9-28(23)43(67)65(73(5,70)71)42-37-33(48)13-12-30(39(37)64(62-42)22-45(51,52)53)29-11-10-27(14-15-44(2,3)72(4,68)69)59-38(29)34(18-24-16-25(49)19-26(50)17-24)60-35(66)21-63-41-36(40(61-63)47(56,57)58)31-20-32(31)46(41,54)55/h6-13,16-17,19,31-32,34H,18,20-22H2,1-5H3,(H,60,66)/t31-,32?,34-/m0/s1. The third-order valence-corrected chi connectivity index (χ3v) is 15.7. The molecule has 13 nitrogen and oxygen atoms in total. The SMILES string of the molecule is Cc1ccccc1C(=O)N(c1nn(CC(F)(F)F)c2c(-c3ccc(C#CC(C)(C)S(C)(=O)=O)nc3[C@H](Cc3cc(F)cc(F)c3)NC(=O)Cn3nc(C(F)(F)F)c4c3C(F)(F)C3C[C@H]43)ccc(Cl)c12)S(C)(=O)=O. The third-order valence-electron chi connectivity index (χ3n) is 12.4. The average molecular weight is 1090 g/mol. The fourth-order valence-electron chi connectivity index (χ4n) is 8.73. The Morgan fingerprint density at radius 2 is 1.56 bits per heavy atom. The summed E-state index contributed by atoms with van der Waals surface area (Å²) in [6, 6.07) is 10.6. The van der Waals surface area contributed by atoms with E-state index in [-0.39, 0.29) is 48.9 Å². The van der Waals surface area contributed by atoms with Crippen LogP contribution >= 0.6 is 11.6 Å². The molecule has 26 heteroatoms. The van der Waals surface area contributed by atoms with Gasteiger partial charge in [0.15, 0.2) is 21.3 Å². The van der Waals surface area contributed by atoms with E-state index in [9.17, 15) is 61.5 Å². The lowest BCUT2D eigenvalue weighted by Gasteiger charge is -2.23. The summed E-state index contributed by atoms with van der Waals surface area (Å²) >= 11 is 6.70. The molecule has 1 saturated carbocycles. The third kappa shape index (κ3) is 10.2. The molecule has 3 atom stereocenters. The number of hydrogen-bond acceptors (Lipinski definition) is 9. The number of amides is 2. The number of carbonyl (C=O) groups is 2. The molecule has 1 unspecified atom stereocenters. The molecule has 0 aliphatic heterocycles. The second kappa shape index (κ2) is 18.1. The largest absolute Gasteiger partial charge is 0.435 e. The molecule has 2 amide bonds. The molecule has 0 saturated heterocycles. The van der Waals surface area contributed by atoms with Gasteiger partial charge < -0.3 is 5.32 Å². The number of fused-ring (bicyclic) bond motifs is 4. The van der Waals surface area contributed by atoms with E-state index in [2.05, 4.69) is 32.3 Å². The first kappa shape index (κ1) is 52.8. The van der Waals surface area contributed by atoms with Crippen LogP contribution in [0.2, 0.25) is 5.02 Å². The first-order valence-electron chi connectivity index (χ1n) is 21.6. The van der Waals surface area contributed by atoms with Crippen LogP contribution < -0.4 is 9.62 Å². The fraction of sp³-hybridized carbons (Fsp3) is 0.340. The summed E-state index contributed by atoms with van der Waals surface area (Å²) in [6.07, 6.45) is -9.82. The van der Waals surface area contributed by atoms with Gasteiger partial charge in [-0.15, -0.1) is 0 Å². The molecular weight excluding hydrogens is 1050 g/mol. The Hall–Kier alpha value is -6.52. The number of alkyl halides is 8. The topological polar surface area (TPSA) is 166 Å². The van der Waals surface area contributed by atoms with Gasteiger partial charge in [0.2, 0.25) is 15.9 Å². The molecule has 8 rings (SSSR count). The van der Waals surface area contributed by atoms with Gasteiger partial charge in [0.05, 0.1) is 33.9 Å². The Morgan fingerprint density at radius 1 is 0.918 bits per heavy atom. The van der Waals surface area contributed by atoms with Crippen LogP contribution in [-0.2, 0) is 56.3 Å². The van der Waals surface area contributed by atoms with Gasteiger partial charge in [-0.2, -0.15) is 49.6 Å². The number of benzene rings is 3. The van der Waals surface area contributed by atoms with Crippen molar-refractivity contribution in [3.8, 4) is 23.0 Å². The second-order valence-electron chi connectivity index (χ2n) is 18.2. The maximum atomic E-state index is 15.6. The second-order valence-corrected chi connectivity index (χ2v) is 23.0. The minimum Gasteiger partial charge on any atom is -0.346 e. The quantitative estimate of drug-likeness (QED) is 0.0929. The lowest BCUT2D eigenvalue weighted by molar-refractivity contribution is -0.143. The summed E-state index contributed by atoms with van der Waals surface area (Å²) < 4.78 is 199. The molecule has 2 aliphatic rings. The highest BCUT2D eigenvalue weighted by molar-refractivity contribution is 7.93. The zero-order valence-corrected chi connectivity index (χ0v) is 40.9. The number of sulfone groups is 1. The van der Waals surface area contributed by atoms with Gasteiger partial charge in [-0.3, -0.25) is 19.0 Å². The van der Waals surface area contributed by atoms with Gasteiger partial charge in [-0.25, -0.2) is 30.6 Å². The summed E-state index contributed by atoms with van der Waals surface area (Å²) in [4.78, 5) is 33.0. The minimum atomic E-state index is -5.22. The van der Waals surface area contributed by atoms with Crippen LogP contribution in [0.3, 0.4) is 0 Å². The van der Waals surface area contributed by atoms with E-state index in [0.717, 1.165) is 30.5 Å². The molecule has 0 radical (unpaired) electrons. The first-order valence-corrected chi connectivity index (χ1v) is 25.7. The number of nitrogens with zero attached hydrogens (tertiary/aromatic N) is 6. The molecule has 1 N–H and O–H groups in total. The van der Waals surface area contributed by atoms with Crippen molar-refractivity contribution >= 4 is 60.0 Å². The molecule has 2 aliphatic carbocycles. The summed E-state index contributed by atoms with van der Waals surface area (Å²) in [5.41, 5.74) is -5.66. The van der Waals surface area contributed by atoms with Crippen LogP contribution in [0, 0.1) is 36.3 Å². The van der Waals surface area contributed by atoms with Crippen LogP contribution in [-0.4, -0.2) is 76.6 Å². The predicted molar refractivity (Wildman–Crippen MR) is 246 cm³/mol. The van der Waals surface area contributed by atoms with Crippen molar-refractivity contribution in [3.63, 3.8) is 0 Å². The lowest BCUT2D eigenvalue weighted by atomic mass is 9.93. The summed E-state index contributed by atoms with van der Waals surface area (Å²) in [7, 11) is -8.68. The van der Waals surface area contributed by atoms with Crippen LogP contribution in [0.25, 0.3) is 22.0 Å². The van der Waals surface area contributed by atoms with E-state index < -0.39 is 148 Å². The number of nitrogens with one attached hydrogen (secondary N) is 1. The molecule has 3 heterocycles. The number of pyridine rings is 1. The van der Waals surface area contributed by atoms with Crippen molar-refractivity contribution < 1.29 is 70.3 Å². The van der Waals surface area contributed by atoms with Gasteiger partial charge in [0, 0.05) is 40.5 Å². The number of hydrogen-bond donors (Lipinski definition) is 1. The number of carbonyl (C=O) groups excluding carboxylic acids is 2. The van der Waals surface area contributed by atoms with E-state index in [0.29, 0.717) is 17.0 Å². The highest BCUT2D eigenvalue weighted by Crippen LogP contribution is 2.68. The Labute approximate surface area is 414 Å². The molecule has 6 aromatic rings. The molecule has 73 heavy (non-hydrogen) atoms. The highest BCUT2D eigenvalue weighted by Gasteiger charge is 2.68. The van der Waals surface area contributed by atoms with E-state index in [1.807, 2.05) is 0 Å². The van der Waals surface area contributed by atoms with E-state index in [4.69, 9.17) is 11.6 Å². The normalized spacial score (nSPS) is 16.9. The summed E-state index contributed by atoms with van der Waals surface area (Å²) in [6.45, 7) is 0.715. The van der Waals surface area contributed by atoms with Gasteiger partial charge in [0.1, 0.15) is 40.9 Å². The number of aryl methyl sites for hydroxylation is 1. The van der Waals surface area contributed by atoms with E-state index in [1.54, 1.807) is 0 Å². The Bertz CT molecular complexity index is 3570. The van der Waals surface area contributed by atoms with Gasteiger partial charge >= 0.3 is 12.4 Å². The van der Waals surface area contributed by atoms with Crippen LogP contribution in [0.4, 0.5) is 49.7 Å². The molecule has 3 aromatic heterocycles. The van der Waals surface area contributed by atoms with Gasteiger partial charge in [-0.1, -0.05) is 41.8 Å². The maximum Gasteiger partial charge on any atom is 0.435 e. The first-order chi connectivity index (χ1) is 33.7. The maximum absolute atomic E-state index is 15.6. The van der Waals surface area contributed by atoms with E-state index in [1.165, 1.54) is 57.2 Å². The monoisotopic (exact) mass is 1090 g/mol. The molecule has 0 bridgehead atoms. The molecule has 3 aromatic carbocycles. The van der Waals surface area contributed by atoms with Gasteiger partial charge in [0.25, 0.3) is 11.8 Å². The van der Waals surface area contributed by atoms with Crippen molar-refractivity contribution in [1.29, 1.82) is 0 Å². The molecule has 386 valence electrons. The van der Waals surface area contributed by atoms with Crippen LogP contribution in [0.15, 0.2) is 66.7 Å². The fourth-order valence-corrected chi connectivity index (χ4v) is 10.0. The van der Waals surface area contributed by atoms with Crippen molar-refractivity contribution in [2.45, 2.75) is 81.7 Å². The Morgan fingerprint density at radius 3 is 2.16 bits per heavy atom. The molecular formula is C47H38ClF10N7O6S2. The van der Waals surface area contributed by atoms with Gasteiger partial charge in [-0.05, 0) is 93.0 Å².